The van der Waals surface area contributed by atoms with Gasteiger partial charge in [0.2, 0.25) is 5.91 Å². The molecule has 31 heavy (non-hydrogen) atoms. The normalized spacial score (nSPS) is 20.1. The monoisotopic (exact) mass is 427 g/mol. The third-order valence-corrected chi connectivity index (χ3v) is 6.51. The van der Waals surface area contributed by atoms with E-state index in [1.807, 2.05) is 0 Å². The van der Waals surface area contributed by atoms with E-state index in [1.165, 1.54) is 12.0 Å². The average molecular weight is 428 g/mol. The van der Waals surface area contributed by atoms with Crippen molar-refractivity contribution in [3.63, 3.8) is 0 Å². The van der Waals surface area contributed by atoms with Gasteiger partial charge in [-0.1, -0.05) is 19.3 Å². The third kappa shape index (κ3) is 4.21. The molecule has 0 N–H and O–H groups in total. The molecule has 0 aromatic heterocycles. The first-order valence-electron chi connectivity index (χ1n) is 11.1. The van der Waals surface area contributed by atoms with Crippen LogP contribution < -0.4 is 0 Å². The molecule has 0 atom stereocenters. The Morgan fingerprint density at radius 3 is 2.32 bits per heavy atom. The van der Waals surface area contributed by atoms with Crippen molar-refractivity contribution in [2.75, 3.05) is 39.9 Å². The quantitative estimate of drug-likeness (QED) is 0.686. The lowest BCUT2D eigenvalue weighted by atomic mass is 9.94. The number of imide groups is 1. The van der Waals surface area contributed by atoms with E-state index in [1.54, 1.807) is 28.0 Å². The Hall–Kier alpha value is -2.74. The maximum atomic E-state index is 13.1. The number of ether oxygens (including phenoxy) is 1. The first-order valence-corrected chi connectivity index (χ1v) is 11.1. The number of fused-ring (bicyclic) bond motifs is 1. The van der Waals surface area contributed by atoms with E-state index >= 15 is 0 Å². The minimum Gasteiger partial charge on any atom is -0.375 e. The van der Waals surface area contributed by atoms with Crippen molar-refractivity contribution in [3.8, 4) is 0 Å². The van der Waals surface area contributed by atoms with E-state index in [0.717, 1.165) is 32.1 Å². The molecule has 0 spiro atoms. The summed E-state index contributed by atoms with van der Waals surface area (Å²) in [6.45, 7) is 2.03. The lowest BCUT2D eigenvalue weighted by Gasteiger charge is -2.29. The van der Waals surface area contributed by atoms with Gasteiger partial charge in [0.25, 0.3) is 17.7 Å². The fourth-order valence-corrected chi connectivity index (χ4v) is 4.83. The van der Waals surface area contributed by atoms with Gasteiger partial charge in [-0.25, -0.2) is 0 Å². The first-order chi connectivity index (χ1) is 15.0. The van der Waals surface area contributed by atoms with Crippen molar-refractivity contribution >= 4 is 23.6 Å². The number of hydrogen-bond acceptors (Lipinski definition) is 5. The molecule has 0 bridgehead atoms. The molecule has 4 amide bonds. The molecule has 2 fully saturated rings. The zero-order valence-electron chi connectivity index (χ0n) is 18.0. The van der Waals surface area contributed by atoms with Gasteiger partial charge in [-0.05, 0) is 37.5 Å². The number of carbonyl (C=O) groups excluding carboxylic acids is 4. The van der Waals surface area contributed by atoms with Crippen LogP contribution in [0.5, 0.6) is 0 Å². The maximum Gasteiger partial charge on any atom is 0.261 e. The van der Waals surface area contributed by atoms with Crippen molar-refractivity contribution < 1.29 is 23.9 Å². The van der Waals surface area contributed by atoms with E-state index < -0.39 is 0 Å². The third-order valence-electron chi connectivity index (χ3n) is 6.51. The lowest BCUT2D eigenvalue weighted by molar-refractivity contribution is -0.135. The van der Waals surface area contributed by atoms with Gasteiger partial charge in [0.15, 0.2) is 0 Å². The van der Waals surface area contributed by atoms with E-state index in [0.29, 0.717) is 49.3 Å². The predicted molar refractivity (Wildman–Crippen MR) is 113 cm³/mol. The number of nitrogens with zero attached hydrogens (tertiary/aromatic N) is 3. The highest BCUT2D eigenvalue weighted by Gasteiger charge is 2.40. The highest BCUT2D eigenvalue weighted by atomic mass is 16.5. The Labute approximate surface area is 182 Å². The number of carbonyl (C=O) groups is 4. The molecule has 1 aliphatic carbocycles. The van der Waals surface area contributed by atoms with Crippen molar-refractivity contribution in [1.82, 2.24) is 14.7 Å². The van der Waals surface area contributed by atoms with Crippen LogP contribution in [-0.2, 0) is 9.53 Å². The van der Waals surface area contributed by atoms with Crippen molar-refractivity contribution in [3.05, 3.63) is 34.9 Å². The molecule has 3 aliphatic rings. The second-order valence-electron chi connectivity index (χ2n) is 8.49. The second kappa shape index (κ2) is 9.18. The van der Waals surface area contributed by atoms with Crippen LogP contribution in [0.15, 0.2) is 18.2 Å². The summed E-state index contributed by atoms with van der Waals surface area (Å²) in [6.07, 6.45) is 5.58. The van der Waals surface area contributed by atoms with Crippen LogP contribution in [0.3, 0.4) is 0 Å². The molecule has 8 nitrogen and oxygen atoms in total. The lowest BCUT2D eigenvalue weighted by Crippen LogP contribution is -2.40. The molecule has 4 rings (SSSR count). The Kier molecular flexibility index (Phi) is 6.36. The van der Waals surface area contributed by atoms with Gasteiger partial charge in [0, 0.05) is 44.9 Å². The SMILES string of the molecule is COCC(=O)N1CCCN(C(=O)c2ccc3c(c2)C(=O)N(C2CCCCC2)C3=O)CC1. The topological polar surface area (TPSA) is 87.2 Å². The molecular formula is C23H29N3O5. The molecule has 2 heterocycles. The van der Waals surface area contributed by atoms with Crippen LogP contribution in [0, 0.1) is 0 Å². The summed E-state index contributed by atoms with van der Waals surface area (Å²) < 4.78 is 4.92. The van der Waals surface area contributed by atoms with Gasteiger partial charge >= 0.3 is 0 Å². The summed E-state index contributed by atoms with van der Waals surface area (Å²) in [4.78, 5) is 55.9. The summed E-state index contributed by atoms with van der Waals surface area (Å²) >= 11 is 0. The molecule has 2 aliphatic heterocycles. The van der Waals surface area contributed by atoms with Crippen molar-refractivity contribution in [2.24, 2.45) is 0 Å². The van der Waals surface area contributed by atoms with Crippen LogP contribution in [0.25, 0.3) is 0 Å². The van der Waals surface area contributed by atoms with Gasteiger partial charge in [0.1, 0.15) is 6.61 Å². The highest BCUT2D eigenvalue weighted by molar-refractivity contribution is 6.22. The Morgan fingerprint density at radius 2 is 1.58 bits per heavy atom. The summed E-state index contributed by atoms with van der Waals surface area (Å²) in [5.74, 6) is -0.789. The number of benzene rings is 1. The minimum atomic E-state index is -0.284. The van der Waals surface area contributed by atoms with Crippen LogP contribution >= 0.6 is 0 Å². The van der Waals surface area contributed by atoms with Crippen LogP contribution in [0.4, 0.5) is 0 Å². The summed E-state index contributed by atoms with van der Waals surface area (Å²) in [6, 6.07) is 4.77. The van der Waals surface area contributed by atoms with Gasteiger partial charge in [0.05, 0.1) is 11.1 Å². The van der Waals surface area contributed by atoms with Crippen molar-refractivity contribution in [1.29, 1.82) is 0 Å². The maximum absolute atomic E-state index is 13.1. The standard InChI is InChI=1S/C23H29N3O5/c1-31-15-20(27)24-10-5-11-25(13-12-24)21(28)16-8-9-18-19(14-16)23(30)26(22(18)29)17-6-3-2-4-7-17/h8-9,14,17H,2-7,10-13,15H2,1H3. The van der Waals surface area contributed by atoms with E-state index in [-0.39, 0.29) is 36.3 Å². The predicted octanol–water partition coefficient (Wildman–Crippen LogP) is 1.94. The Morgan fingerprint density at radius 1 is 0.903 bits per heavy atom. The van der Waals surface area contributed by atoms with E-state index in [9.17, 15) is 19.2 Å². The zero-order valence-corrected chi connectivity index (χ0v) is 18.0. The molecule has 1 saturated carbocycles. The summed E-state index contributed by atoms with van der Waals surface area (Å²) in [5.41, 5.74) is 1.12. The summed E-state index contributed by atoms with van der Waals surface area (Å²) in [5, 5.41) is 0. The number of methoxy groups -OCH3 is 1. The van der Waals surface area contributed by atoms with Gasteiger partial charge < -0.3 is 14.5 Å². The molecule has 8 heteroatoms. The van der Waals surface area contributed by atoms with E-state index in [4.69, 9.17) is 4.74 Å². The van der Waals surface area contributed by atoms with E-state index in [2.05, 4.69) is 0 Å². The summed E-state index contributed by atoms with van der Waals surface area (Å²) in [7, 11) is 1.49. The molecule has 0 radical (unpaired) electrons. The van der Waals surface area contributed by atoms with Crippen LogP contribution in [0.1, 0.15) is 69.6 Å². The molecular weight excluding hydrogens is 398 g/mol. The first kappa shape index (κ1) is 21.5. The number of rotatable bonds is 4. The van der Waals surface area contributed by atoms with Crippen LogP contribution in [-0.4, -0.2) is 84.3 Å². The average Bonchev–Trinajstić information content (AvgIpc) is 2.94. The Bertz CT molecular complexity index is 893. The molecule has 0 unspecified atom stereocenters. The van der Waals surface area contributed by atoms with Crippen LogP contribution in [0.2, 0.25) is 0 Å². The number of hydrogen-bond donors (Lipinski definition) is 0. The second-order valence-corrected chi connectivity index (χ2v) is 8.49. The zero-order chi connectivity index (χ0) is 22.0. The Balaban J connectivity index is 1.48. The van der Waals surface area contributed by atoms with Crippen molar-refractivity contribution in [2.45, 2.75) is 44.6 Å². The fraction of sp³-hybridized carbons (Fsp3) is 0.565. The van der Waals surface area contributed by atoms with Gasteiger partial charge in [-0.3, -0.25) is 24.1 Å². The number of amides is 4. The molecule has 1 aromatic rings. The van der Waals surface area contributed by atoms with Gasteiger partial charge in [-0.2, -0.15) is 0 Å². The highest BCUT2D eigenvalue weighted by Crippen LogP contribution is 2.31. The smallest absolute Gasteiger partial charge is 0.261 e. The minimum absolute atomic E-state index is 0.0341. The fourth-order valence-electron chi connectivity index (χ4n) is 4.83. The molecule has 1 aromatic carbocycles. The molecule has 166 valence electrons. The molecule has 1 saturated heterocycles. The largest absolute Gasteiger partial charge is 0.375 e. The van der Waals surface area contributed by atoms with Gasteiger partial charge in [-0.15, -0.1) is 0 Å².